The first-order chi connectivity index (χ1) is 15.7. The third-order valence-electron chi connectivity index (χ3n) is 5.70. The average molecular weight is 435 g/mol. The molecule has 0 radical (unpaired) electrons. The monoisotopic (exact) mass is 434 g/mol. The highest BCUT2D eigenvalue weighted by Gasteiger charge is 2.25. The van der Waals surface area contributed by atoms with E-state index in [9.17, 15) is 5.11 Å². The second-order valence-electron chi connectivity index (χ2n) is 7.80. The zero-order chi connectivity index (χ0) is 21.9. The van der Waals surface area contributed by atoms with Gasteiger partial charge in [0.15, 0.2) is 5.69 Å². The number of hydrogen-bond acceptors (Lipinski definition) is 7. The molecular weight excluding hydrogens is 408 g/mol. The van der Waals surface area contributed by atoms with E-state index in [1.807, 2.05) is 36.7 Å². The molecule has 0 amide bonds. The fraction of sp³-hybridized carbons (Fsp3) is 0.348. The van der Waals surface area contributed by atoms with E-state index in [-0.39, 0.29) is 13.2 Å². The molecule has 32 heavy (non-hydrogen) atoms. The van der Waals surface area contributed by atoms with E-state index in [0.717, 1.165) is 36.4 Å². The van der Waals surface area contributed by atoms with Crippen LogP contribution in [0.25, 0.3) is 11.3 Å². The Morgan fingerprint density at radius 2 is 2.03 bits per heavy atom. The number of aromatic amines is 1. The number of aromatic nitrogens is 3. The summed E-state index contributed by atoms with van der Waals surface area (Å²) in [5.41, 5.74) is 3.59. The topological polar surface area (TPSA) is 111 Å². The van der Waals surface area contributed by atoms with E-state index in [2.05, 4.69) is 15.0 Å². The van der Waals surface area contributed by atoms with Gasteiger partial charge in [-0.15, -0.1) is 5.10 Å². The van der Waals surface area contributed by atoms with Crippen LogP contribution in [0.5, 0.6) is 5.88 Å². The first-order valence-corrected chi connectivity index (χ1v) is 10.9. The summed E-state index contributed by atoms with van der Waals surface area (Å²) < 4.78 is 13.4. The summed E-state index contributed by atoms with van der Waals surface area (Å²) in [6, 6.07) is 7.52. The Labute approximate surface area is 185 Å². The molecule has 3 aromatic heterocycles. The van der Waals surface area contributed by atoms with Crippen molar-refractivity contribution in [3.05, 3.63) is 54.0 Å². The number of ether oxygens (including phenoxy) is 2. The van der Waals surface area contributed by atoms with Crippen LogP contribution in [0.1, 0.15) is 24.1 Å². The summed E-state index contributed by atoms with van der Waals surface area (Å²) in [4.78, 5) is 10.4. The smallest absolute Gasteiger partial charge is 0.260 e. The van der Waals surface area contributed by atoms with Crippen molar-refractivity contribution in [2.75, 3.05) is 39.5 Å². The zero-order valence-corrected chi connectivity index (χ0v) is 17.8. The van der Waals surface area contributed by atoms with Crippen molar-refractivity contribution in [2.45, 2.75) is 12.8 Å². The third-order valence-corrected chi connectivity index (χ3v) is 5.70. The molecule has 0 bridgehead atoms. The number of hydrogen-bond donors (Lipinski definition) is 3. The van der Waals surface area contributed by atoms with Gasteiger partial charge in [-0.05, 0) is 44.1 Å². The Balaban J connectivity index is 1.48. The number of H-pyrrole nitrogens is 1. The molecule has 1 fully saturated rings. The predicted octanol–water partition coefficient (Wildman–Crippen LogP) is 2.64. The van der Waals surface area contributed by atoms with Crippen LogP contribution < -0.4 is 4.74 Å². The molecule has 0 aromatic carbocycles. The SMILES string of the molecule is N=C1/C(=N/c2c(OCCO)nn3ccccc23)C=C(OCCN2CCCC2)c2[nH]ccc21. The largest absolute Gasteiger partial charge is 0.490 e. The molecular formula is C23H26N6O3. The minimum atomic E-state index is -0.124. The lowest BCUT2D eigenvalue weighted by atomic mass is 9.98. The Hall–Kier alpha value is -3.43. The van der Waals surface area contributed by atoms with Gasteiger partial charge in [0, 0.05) is 30.6 Å². The number of likely N-dealkylation sites (tertiary alicyclic amines) is 1. The highest BCUT2D eigenvalue weighted by molar-refractivity contribution is 6.54. The number of rotatable bonds is 8. The average Bonchev–Trinajstić information content (AvgIpc) is 3.56. The highest BCUT2D eigenvalue weighted by Crippen LogP contribution is 2.34. The second kappa shape index (κ2) is 8.97. The number of aliphatic hydroxyl groups excluding tert-OH is 1. The maximum absolute atomic E-state index is 9.18. The lowest BCUT2D eigenvalue weighted by Crippen LogP contribution is -2.25. The molecule has 5 rings (SSSR count). The lowest BCUT2D eigenvalue weighted by Gasteiger charge is -2.19. The van der Waals surface area contributed by atoms with Crippen LogP contribution in [0, 0.1) is 5.41 Å². The summed E-state index contributed by atoms with van der Waals surface area (Å²) in [5.74, 6) is 0.989. The standard InChI is InChI=1S/C23H26N6O3/c24-20-16-6-7-25-21(16)19(31-13-11-28-8-3-4-9-28)15-17(20)26-22-18-5-1-2-10-29(18)27-23(22)32-14-12-30/h1-2,5-7,10,15,24-25,30H,3-4,8-9,11-14H2/b24-20?,26-17+. The van der Waals surface area contributed by atoms with Crippen LogP contribution in [0.4, 0.5) is 5.69 Å². The maximum Gasteiger partial charge on any atom is 0.260 e. The van der Waals surface area contributed by atoms with Gasteiger partial charge in [0.05, 0.1) is 29.2 Å². The van der Waals surface area contributed by atoms with E-state index in [1.54, 1.807) is 10.6 Å². The normalized spacial score (nSPS) is 17.7. The van der Waals surface area contributed by atoms with Gasteiger partial charge in [-0.2, -0.15) is 0 Å². The molecule has 1 aliphatic carbocycles. The van der Waals surface area contributed by atoms with E-state index in [4.69, 9.17) is 19.9 Å². The Morgan fingerprint density at radius 3 is 2.88 bits per heavy atom. The van der Waals surface area contributed by atoms with E-state index in [0.29, 0.717) is 35.4 Å². The summed E-state index contributed by atoms with van der Waals surface area (Å²) >= 11 is 0. The molecule has 3 N–H and O–H groups in total. The fourth-order valence-electron chi connectivity index (χ4n) is 4.11. The van der Waals surface area contributed by atoms with Crippen molar-refractivity contribution in [1.29, 1.82) is 5.41 Å². The van der Waals surface area contributed by atoms with Gasteiger partial charge < -0.3 is 19.6 Å². The van der Waals surface area contributed by atoms with E-state index >= 15 is 0 Å². The van der Waals surface area contributed by atoms with E-state index in [1.165, 1.54) is 12.8 Å². The number of nitrogens with zero attached hydrogens (tertiary/aromatic N) is 4. The molecule has 0 unspecified atom stereocenters. The Bertz CT molecular complexity index is 1190. The molecule has 9 nitrogen and oxygen atoms in total. The van der Waals surface area contributed by atoms with Crippen molar-refractivity contribution in [2.24, 2.45) is 4.99 Å². The molecule has 0 spiro atoms. The van der Waals surface area contributed by atoms with Crippen molar-refractivity contribution in [3.63, 3.8) is 0 Å². The van der Waals surface area contributed by atoms with Gasteiger partial charge >= 0.3 is 0 Å². The molecule has 1 aliphatic heterocycles. The number of allylic oxidation sites excluding steroid dienone is 1. The number of fused-ring (bicyclic) bond motifs is 2. The molecule has 9 heteroatoms. The lowest BCUT2D eigenvalue weighted by molar-refractivity contribution is 0.197. The quantitative estimate of drug-likeness (QED) is 0.505. The van der Waals surface area contributed by atoms with Gasteiger partial charge in [-0.3, -0.25) is 10.3 Å². The summed E-state index contributed by atoms with van der Waals surface area (Å²) in [7, 11) is 0. The summed E-state index contributed by atoms with van der Waals surface area (Å²) in [6.45, 7) is 3.69. The second-order valence-corrected chi connectivity index (χ2v) is 7.80. The van der Waals surface area contributed by atoms with Gasteiger partial charge in [0.25, 0.3) is 5.88 Å². The van der Waals surface area contributed by atoms with Crippen LogP contribution >= 0.6 is 0 Å². The minimum Gasteiger partial charge on any atom is -0.490 e. The molecule has 0 saturated carbocycles. The van der Waals surface area contributed by atoms with Gasteiger partial charge in [0.2, 0.25) is 0 Å². The summed E-state index contributed by atoms with van der Waals surface area (Å²) in [5, 5.41) is 22.3. The summed E-state index contributed by atoms with van der Waals surface area (Å²) in [6.07, 6.45) is 7.91. The molecule has 1 saturated heterocycles. The third kappa shape index (κ3) is 3.92. The van der Waals surface area contributed by atoms with Crippen molar-refractivity contribution >= 4 is 28.4 Å². The molecule has 166 valence electrons. The van der Waals surface area contributed by atoms with Crippen LogP contribution in [0.3, 0.4) is 0 Å². The minimum absolute atomic E-state index is 0.113. The van der Waals surface area contributed by atoms with Crippen LogP contribution in [-0.4, -0.2) is 75.5 Å². The van der Waals surface area contributed by atoms with Crippen LogP contribution in [-0.2, 0) is 4.74 Å². The first-order valence-electron chi connectivity index (χ1n) is 10.9. The maximum atomic E-state index is 9.18. The fourth-order valence-corrected chi connectivity index (χ4v) is 4.11. The molecule has 2 aliphatic rings. The van der Waals surface area contributed by atoms with Gasteiger partial charge in [0.1, 0.15) is 19.0 Å². The van der Waals surface area contributed by atoms with Crippen molar-refractivity contribution in [3.8, 4) is 5.88 Å². The highest BCUT2D eigenvalue weighted by atomic mass is 16.5. The van der Waals surface area contributed by atoms with Gasteiger partial charge in [-0.1, -0.05) is 6.07 Å². The number of aliphatic hydroxyl groups is 1. The number of nitrogens with one attached hydrogen (secondary N) is 2. The van der Waals surface area contributed by atoms with Gasteiger partial charge in [-0.25, -0.2) is 9.51 Å². The Morgan fingerprint density at radius 1 is 1.16 bits per heavy atom. The van der Waals surface area contributed by atoms with Crippen molar-refractivity contribution < 1.29 is 14.6 Å². The van der Waals surface area contributed by atoms with Crippen molar-refractivity contribution in [1.82, 2.24) is 19.5 Å². The predicted molar refractivity (Wildman–Crippen MR) is 122 cm³/mol. The zero-order valence-electron chi connectivity index (χ0n) is 17.8. The van der Waals surface area contributed by atoms with E-state index < -0.39 is 0 Å². The Kier molecular flexibility index (Phi) is 5.74. The molecule has 0 atom stereocenters. The number of pyridine rings is 1. The first kappa shape index (κ1) is 20.5. The number of aliphatic imine (C=N–C) groups is 1. The molecule has 4 heterocycles. The van der Waals surface area contributed by atoms with Crippen LogP contribution in [0.2, 0.25) is 0 Å². The van der Waals surface area contributed by atoms with Crippen LogP contribution in [0.15, 0.2) is 47.7 Å². The molecule has 3 aromatic rings.